The number of piperazine rings is 1. The molecule has 1 aliphatic rings. The van der Waals surface area contributed by atoms with Crippen molar-refractivity contribution in [1.82, 2.24) is 4.90 Å². The summed E-state index contributed by atoms with van der Waals surface area (Å²) in [5, 5.41) is 18.9. The van der Waals surface area contributed by atoms with Crippen molar-refractivity contribution in [2.75, 3.05) is 31.1 Å². The van der Waals surface area contributed by atoms with E-state index in [0.717, 1.165) is 5.69 Å². The second-order valence-electron chi connectivity index (χ2n) is 7.59. The average Bonchev–Trinajstić information content (AvgIpc) is 2.84. The summed E-state index contributed by atoms with van der Waals surface area (Å²) in [6, 6.07) is 21.1. The van der Waals surface area contributed by atoms with Crippen LogP contribution in [0.2, 0.25) is 0 Å². The van der Waals surface area contributed by atoms with Gasteiger partial charge in [0.25, 0.3) is 11.6 Å². The van der Waals surface area contributed by atoms with Crippen LogP contribution in [0.15, 0.2) is 72.8 Å². The zero-order valence-electron chi connectivity index (χ0n) is 17.4. The second kappa shape index (κ2) is 8.89. The van der Waals surface area contributed by atoms with Crippen LogP contribution in [0, 0.1) is 15.5 Å². The summed E-state index contributed by atoms with van der Waals surface area (Å²) >= 11 is 0. The predicted octanol–water partition coefficient (Wildman–Crippen LogP) is 3.51. The molecular weight excluding hydrogens is 406 g/mol. The zero-order chi connectivity index (χ0) is 22.7. The van der Waals surface area contributed by atoms with Crippen LogP contribution in [0.5, 0.6) is 0 Å². The van der Waals surface area contributed by atoms with Gasteiger partial charge in [0.2, 0.25) is 0 Å². The summed E-state index contributed by atoms with van der Waals surface area (Å²) in [7, 11) is 0. The first-order chi connectivity index (χ1) is 15.4. The predicted molar refractivity (Wildman–Crippen MR) is 124 cm³/mol. The van der Waals surface area contributed by atoms with Crippen molar-refractivity contribution in [2.45, 2.75) is 0 Å². The highest BCUT2D eigenvalue weighted by atomic mass is 16.6. The number of carbonyl (C=O) groups is 1. The minimum Gasteiger partial charge on any atom is -0.384 e. The quantitative estimate of drug-likeness (QED) is 0.279. The number of nitro benzene ring substituents is 1. The van der Waals surface area contributed by atoms with Gasteiger partial charge in [0.05, 0.1) is 10.5 Å². The lowest BCUT2D eigenvalue weighted by Crippen LogP contribution is -2.48. The number of nitrogens with zero attached hydrogens (tertiary/aromatic N) is 3. The fraction of sp³-hybridized carbons (Fsp3) is 0.167. The molecule has 8 heteroatoms. The van der Waals surface area contributed by atoms with E-state index < -0.39 is 4.92 Å². The zero-order valence-corrected chi connectivity index (χ0v) is 17.4. The maximum atomic E-state index is 13.0. The van der Waals surface area contributed by atoms with E-state index in [9.17, 15) is 14.9 Å². The van der Waals surface area contributed by atoms with Crippen LogP contribution in [-0.2, 0) is 0 Å². The summed E-state index contributed by atoms with van der Waals surface area (Å²) in [4.78, 5) is 27.8. The van der Waals surface area contributed by atoms with E-state index in [1.54, 1.807) is 48.5 Å². The van der Waals surface area contributed by atoms with Gasteiger partial charge in [0.15, 0.2) is 0 Å². The van der Waals surface area contributed by atoms with Gasteiger partial charge < -0.3 is 15.5 Å². The summed E-state index contributed by atoms with van der Waals surface area (Å²) in [6.07, 6.45) is 0. The average molecular weight is 429 g/mol. The molecule has 3 aromatic rings. The molecule has 0 aromatic heterocycles. The number of nitro groups is 1. The number of para-hydroxylation sites is 1. The Hall–Kier alpha value is -4.20. The molecule has 1 fully saturated rings. The largest absolute Gasteiger partial charge is 0.384 e. The maximum Gasteiger partial charge on any atom is 0.277 e. The van der Waals surface area contributed by atoms with Crippen LogP contribution in [0.3, 0.4) is 0 Å². The van der Waals surface area contributed by atoms with Crippen molar-refractivity contribution < 1.29 is 9.72 Å². The molecule has 0 aliphatic carbocycles. The molecule has 162 valence electrons. The molecule has 0 saturated carbocycles. The van der Waals surface area contributed by atoms with Gasteiger partial charge in [0, 0.05) is 49.1 Å². The maximum absolute atomic E-state index is 13.0. The first-order valence-corrected chi connectivity index (χ1v) is 10.3. The van der Waals surface area contributed by atoms with Gasteiger partial charge in [-0.15, -0.1) is 0 Å². The van der Waals surface area contributed by atoms with Gasteiger partial charge >= 0.3 is 0 Å². The van der Waals surface area contributed by atoms with Gasteiger partial charge in [-0.05, 0) is 35.9 Å². The molecule has 0 unspecified atom stereocenters. The molecule has 0 atom stereocenters. The number of carbonyl (C=O) groups excluding carboxylic acids is 1. The van der Waals surface area contributed by atoms with E-state index in [1.807, 2.05) is 23.1 Å². The van der Waals surface area contributed by atoms with Gasteiger partial charge in [-0.2, -0.15) is 0 Å². The highest BCUT2D eigenvalue weighted by molar-refractivity contribution is 5.96. The van der Waals surface area contributed by atoms with E-state index in [4.69, 9.17) is 11.1 Å². The van der Waals surface area contributed by atoms with Crippen molar-refractivity contribution in [3.05, 3.63) is 94.0 Å². The Morgan fingerprint density at radius 1 is 0.906 bits per heavy atom. The van der Waals surface area contributed by atoms with Crippen LogP contribution >= 0.6 is 0 Å². The van der Waals surface area contributed by atoms with E-state index in [-0.39, 0.29) is 17.4 Å². The number of anilines is 1. The number of hydrogen-bond donors (Lipinski definition) is 2. The fourth-order valence-electron chi connectivity index (χ4n) is 3.89. The van der Waals surface area contributed by atoms with Crippen molar-refractivity contribution in [3.8, 4) is 11.1 Å². The third-order valence-electron chi connectivity index (χ3n) is 5.63. The molecule has 0 radical (unpaired) electrons. The van der Waals surface area contributed by atoms with Gasteiger partial charge in [-0.1, -0.05) is 36.4 Å². The number of nitrogens with one attached hydrogen (secondary N) is 1. The van der Waals surface area contributed by atoms with Crippen LogP contribution in [-0.4, -0.2) is 47.7 Å². The summed E-state index contributed by atoms with van der Waals surface area (Å²) in [5.41, 5.74) is 9.07. The minimum absolute atomic E-state index is 0.0324. The second-order valence-corrected chi connectivity index (χ2v) is 7.59. The first-order valence-electron chi connectivity index (χ1n) is 10.3. The van der Waals surface area contributed by atoms with Crippen molar-refractivity contribution >= 4 is 23.1 Å². The molecule has 4 rings (SSSR count). The molecule has 3 N–H and O–H groups in total. The number of nitrogen functional groups attached to an aromatic ring is 1. The lowest BCUT2D eigenvalue weighted by atomic mass is 10.0. The van der Waals surface area contributed by atoms with Crippen LogP contribution in [0.1, 0.15) is 15.9 Å². The van der Waals surface area contributed by atoms with Crippen LogP contribution in [0.25, 0.3) is 11.1 Å². The van der Waals surface area contributed by atoms with E-state index in [1.165, 1.54) is 6.07 Å². The molecule has 0 bridgehead atoms. The molecule has 1 heterocycles. The van der Waals surface area contributed by atoms with Gasteiger partial charge in [0.1, 0.15) is 5.84 Å². The molecule has 1 amide bonds. The number of benzene rings is 3. The lowest BCUT2D eigenvalue weighted by Gasteiger charge is -2.36. The van der Waals surface area contributed by atoms with Crippen LogP contribution < -0.4 is 10.6 Å². The molecule has 8 nitrogen and oxygen atoms in total. The Balaban J connectivity index is 1.43. The van der Waals surface area contributed by atoms with Crippen LogP contribution in [0.4, 0.5) is 11.4 Å². The number of amides is 1. The van der Waals surface area contributed by atoms with E-state index in [0.29, 0.717) is 48.4 Å². The summed E-state index contributed by atoms with van der Waals surface area (Å²) < 4.78 is 0. The minimum atomic E-state index is -0.403. The topological polar surface area (TPSA) is 117 Å². The highest BCUT2D eigenvalue weighted by Crippen LogP contribution is 2.29. The van der Waals surface area contributed by atoms with E-state index >= 15 is 0 Å². The first kappa shape index (κ1) is 21.0. The third kappa shape index (κ3) is 4.29. The number of rotatable bonds is 5. The normalized spacial score (nSPS) is 13.6. The Bertz CT molecular complexity index is 1170. The highest BCUT2D eigenvalue weighted by Gasteiger charge is 2.23. The standard InChI is InChI=1S/C24H23N5O3/c25-23(26)19-4-3-5-20(16-19)27-12-14-28(15-13-27)24(30)18-10-8-17(9-11-18)21-6-1-2-7-22(21)29(31)32/h1-11,16H,12-15H2,(H3,25,26). The van der Waals surface area contributed by atoms with Gasteiger partial charge in [-0.3, -0.25) is 20.3 Å². The Kier molecular flexibility index (Phi) is 5.85. The monoisotopic (exact) mass is 429 g/mol. The Morgan fingerprint density at radius 2 is 1.59 bits per heavy atom. The molecular formula is C24H23N5O3. The third-order valence-corrected chi connectivity index (χ3v) is 5.63. The lowest BCUT2D eigenvalue weighted by molar-refractivity contribution is -0.384. The van der Waals surface area contributed by atoms with E-state index in [2.05, 4.69) is 4.90 Å². The van der Waals surface area contributed by atoms with Crippen molar-refractivity contribution in [3.63, 3.8) is 0 Å². The molecule has 0 spiro atoms. The smallest absolute Gasteiger partial charge is 0.277 e. The summed E-state index contributed by atoms with van der Waals surface area (Å²) in [6.45, 7) is 2.52. The van der Waals surface area contributed by atoms with Crippen molar-refractivity contribution in [1.29, 1.82) is 5.41 Å². The molecule has 32 heavy (non-hydrogen) atoms. The molecule has 1 saturated heterocycles. The molecule has 1 aliphatic heterocycles. The van der Waals surface area contributed by atoms with Gasteiger partial charge in [-0.25, -0.2) is 0 Å². The fourth-order valence-corrected chi connectivity index (χ4v) is 3.89. The number of amidine groups is 1. The Labute approximate surface area is 185 Å². The number of hydrogen-bond acceptors (Lipinski definition) is 5. The van der Waals surface area contributed by atoms with Crippen molar-refractivity contribution in [2.24, 2.45) is 5.73 Å². The number of nitrogens with two attached hydrogens (primary N) is 1. The molecule has 3 aromatic carbocycles. The Morgan fingerprint density at radius 3 is 2.25 bits per heavy atom. The SMILES string of the molecule is N=C(N)c1cccc(N2CCN(C(=O)c3ccc(-c4ccccc4[N+](=O)[O-])cc3)CC2)c1. The summed E-state index contributed by atoms with van der Waals surface area (Å²) in [5.74, 6) is -0.0267.